The van der Waals surface area contributed by atoms with Crippen LogP contribution in [-0.4, -0.2) is 0 Å². The molecule has 1 N–H and O–H groups in total. The summed E-state index contributed by atoms with van der Waals surface area (Å²) in [6.07, 6.45) is 1.65. The number of hydrogen-bond acceptors (Lipinski definition) is 2. The van der Waals surface area contributed by atoms with Gasteiger partial charge in [0.2, 0.25) is 0 Å². The van der Waals surface area contributed by atoms with E-state index in [0.717, 1.165) is 11.3 Å². The van der Waals surface area contributed by atoms with Gasteiger partial charge < -0.3 is 9.73 Å². The summed E-state index contributed by atoms with van der Waals surface area (Å²) in [5.74, 6) is 0.676. The molecule has 1 aromatic heterocycles. The van der Waals surface area contributed by atoms with Gasteiger partial charge in [-0.25, -0.2) is 4.39 Å². The van der Waals surface area contributed by atoms with E-state index in [1.807, 2.05) is 32.0 Å². The van der Waals surface area contributed by atoms with E-state index in [-0.39, 0.29) is 17.9 Å². The van der Waals surface area contributed by atoms with Crippen LogP contribution in [0.2, 0.25) is 0 Å². The zero-order valence-electron chi connectivity index (χ0n) is 9.98. The highest BCUT2D eigenvalue weighted by atomic mass is 19.1. The van der Waals surface area contributed by atoms with Gasteiger partial charge in [-0.3, -0.25) is 0 Å². The average molecular weight is 233 g/mol. The van der Waals surface area contributed by atoms with Crippen molar-refractivity contribution in [3.63, 3.8) is 0 Å². The summed E-state index contributed by atoms with van der Waals surface area (Å²) in [4.78, 5) is 0. The Morgan fingerprint density at radius 2 is 1.94 bits per heavy atom. The number of hydrogen-bond donors (Lipinski definition) is 1. The lowest BCUT2D eigenvalue weighted by Crippen LogP contribution is -2.22. The van der Waals surface area contributed by atoms with E-state index in [1.54, 1.807) is 18.4 Å². The predicted octanol–water partition coefficient (Wildman–Crippen LogP) is 3.83. The number of nitrogens with one attached hydrogen (secondary N) is 1. The van der Waals surface area contributed by atoms with Crippen LogP contribution in [0, 0.1) is 5.82 Å². The van der Waals surface area contributed by atoms with Gasteiger partial charge in [0, 0.05) is 6.04 Å². The van der Waals surface area contributed by atoms with Crippen molar-refractivity contribution < 1.29 is 8.81 Å². The Morgan fingerprint density at radius 1 is 1.12 bits per heavy atom. The Morgan fingerprint density at radius 3 is 2.59 bits per heavy atom. The minimum atomic E-state index is -0.207. The highest BCUT2D eigenvalue weighted by Gasteiger charge is 2.13. The zero-order chi connectivity index (χ0) is 12.3. The molecule has 0 fully saturated rings. The number of rotatable bonds is 4. The van der Waals surface area contributed by atoms with Crippen molar-refractivity contribution in [2.45, 2.75) is 25.9 Å². The highest BCUT2D eigenvalue weighted by molar-refractivity contribution is 5.20. The maximum absolute atomic E-state index is 13.1. The van der Waals surface area contributed by atoms with E-state index < -0.39 is 0 Å². The molecule has 17 heavy (non-hydrogen) atoms. The molecule has 0 aliphatic heterocycles. The Labute approximate surface area is 100 Å². The smallest absolute Gasteiger partial charge is 0.123 e. The summed E-state index contributed by atoms with van der Waals surface area (Å²) in [6, 6.07) is 10.6. The monoisotopic (exact) mass is 233 g/mol. The lowest BCUT2D eigenvalue weighted by atomic mass is 10.1. The Balaban J connectivity index is 2.04. The maximum atomic E-state index is 13.1. The molecule has 0 bridgehead atoms. The van der Waals surface area contributed by atoms with E-state index in [0.29, 0.717) is 0 Å². The zero-order valence-corrected chi connectivity index (χ0v) is 9.98. The van der Waals surface area contributed by atoms with Crippen LogP contribution in [0.4, 0.5) is 4.39 Å². The molecule has 0 aliphatic carbocycles. The van der Waals surface area contributed by atoms with Gasteiger partial charge in [-0.05, 0) is 43.7 Å². The minimum Gasteiger partial charge on any atom is -0.468 e. The molecule has 1 heterocycles. The molecule has 0 aliphatic rings. The van der Waals surface area contributed by atoms with Gasteiger partial charge in [0.25, 0.3) is 0 Å². The van der Waals surface area contributed by atoms with E-state index in [9.17, 15) is 4.39 Å². The third-order valence-corrected chi connectivity index (χ3v) is 2.82. The van der Waals surface area contributed by atoms with Gasteiger partial charge in [-0.15, -0.1) is 0 Å². The van der Waals surface area contributed by atoms with Crippen LogP contribution in [0.15, 0.2) is 47.1 Å². The summed E-state index contributed by atoms with van der Waals surface area (Å²) in [5.41, 5.74) is 0.934. The van der Waals surface area contributed by atoms with Crippen LogP contribution in [-0.2, 0) is 0 Å². The van der Waals surface area contributed by atoms with Crippen molar-refractivity contribution in [3.8, 4) is 0 Å². The number of halogens is 1. The Hall–Kier alpha value is -1.61. The summed E-state index contributed by atoms with van der Waals surface area (Å²) < 4.78 is 18.4. The number of furan rings is 1. The molecule has 0 saturated carbocycles. The molecule has 1 unspecified atom stereocenters. The van der Waals surface area contributed by atoms with Crippen molar-refractivity contribution >= 4 is 0 Å². The largest absolute Gasteiger partial charge is 0.468 e. The second-order valence-corrected chi connectivity index (χ2v) is 4.18. The molecule has 2 rings (SSSR count). The molecule has 3 heteroatoms. The summed E-state index contributed by atoms with van der Waals surface area (Å²) in [5, 5.41) is 3.37. The van der Waals surface area contributed by atoms with Crippen LogP contribution >= 0.6 is 0 Å². The molecule has 0 spiro atoms. The summed E-state index contributed by atoms with van der Waals surface area (Å²) in [7, 11) is 0. The molecular weight excluding hydrogens is 217 g/mol. The van der Waals surface area contributed by atoms with Crippen molar-refractivity contribution in [2.24, 2.45) is 0 Å². The van der Waals surface area contributed by atoms with Crippen LogP contribution in [0.25, 0.3) is 0 Å². The first-order valence-electron chi connectivity index (χ1n) is 5.71. The summed E-state index contributed by atoms with van der Waals surface area (Å²) >= 11 is 0. The van der Waals surface area contributed by atoms with Crippen molar-refractivity contribution in [1.82, 2.24) is 5.32 Å². The van der Waals surface area contributed by atoms with E-state index >= 15 is 0 Å². The molecule has 2 aromatic rings. The highest BCUT2D eigenvalue weighted by Crippen LogP contribution is 2.19. The lowest BCUT2D eigenvalue weighted by Gasteiger charge is -2.18. The molecule has 1 aromatic carbocycles. The Bertz CT molecular complexity index is 467. The SMILES string of the molecule is CC(N[C@@H](C)c1ccco1)c1cccc(F)c1. The molecule has 0 saturated heterocycles. The minimum absolute atomic E-state index is 0.0748. The van der Waals surface area contributed by atoms with E-state index in [2.05, 4.69) is 5.32 Å². The van der Waals surface area contributed by atoms with Gasteiger partial charge in [0.1, 0.15) is 11.6 Å². The Kier molecular flexibility index (Phi) is 3.59. The van der Waals surface area contributed by atoms with E-state index in [4.69, 9.17) is 4.42 Å². The fourth-order valence-electron chi connectivity index (χ4n) is 1.87. The van der Waals surface area contributed by atoms with Crippen LogP contribution in [0.1, 0.15) is 37.3 Å². The number of benzene rings is 1. The molecule has 0 amide bonds. The first-order chi connectivity index (χ1) is 8.16. The second-order valence-electron chi connectivity index (χ2n) is 4.18. The standard InChI is InChI=1S/C14H16FNO/c1-10(12-5-3-6-13(15)9-12)16-11(2)14-7-4-8-17-14/h3-11,16H,1-2H3/t10?,11-/m0/s1. The second kappa shape index (κ2) is 5.15. The third kappa shape index (κ3) is 2.94. The van der Waals surface area contributed by atoms with Gasteiger partial charge in [-0.2, -0.15) is 0 Å². The average Bonchev–Trinajstić information content (AvgIpc) is 2.82. The topological polar surface area (TPSA) is 25.2 Å². The lowest BCUT2D eigenvalue weighted by molar-refractivity contribution is 0.402. The normalized spacial score (nSPS) is 14.5. The van der Waals surface area contributed by atoms with Crippen molar-refractivity contribution in [3.05, 3.63) is 59.8 Å². The molecule has 0 radical (unpaired) electrons. The molecule has 2 nitrogen and oxygen atoms in total. The predicted molar refractivity (Wildman–Crippen MR) is 65.1 cm³/mol. The maximum Gasteiger partial charge on any atom is 0.123 e. The molecular formula is C14H16FNO. The fraction of sp³-hybridized carbons (Fsp3) is 0.286. The van der Waals surface area contributed by atoms with Crippen LogP contribution < -0.4 is 5.32 Å². The van der Waals surface area contributed by atoms with Crippen molar-refractivity contribution in [2.75, 3.05) is 0 Å². The molecule has 90 valence electrons. The van der Waals surface area contributed by atoms with Gasteiger partial charge in [0.05, 0.1) is 12.3 Å². The first-order valence-corrected chi connectivity index (χ1v) is 5.71. The van der Waals surface area contributed by atoms with Gasteiger partial charge >= 0.3 is 0 Å². The quantitative estimate of drug-likeness (QED) is 0.868. The third-order valence-electron chi connectivity index (χ3n) is 2.82. The van der Waals surface area contributed by atoms with Crippen molar-refractivity contribution in [1.29, 1.82) is 0 Å². The summed E-state index contributed by atoms with van der Waals surface area (Å²) in [6.45, 7) is 4.03. The van der Waals surface area contributed by atoms with Crippen LogP contribution in [0.5, 0.6) is 0 Å². The van der Waals surface area contributed by atoms with Gasteiger partial charge in [0.15, 0.2) is 0 Å². The molecule has 2 atom stereocenters. The van der Waals surface area contributed by atoms with E-state index in [1.165, 1.54) is 6.07 Å². The first kappa shape index (κ1) is 11.9. The van der Waals surface area contributed by atoms with Gasteiger partial charge in [-0.1, -0.05) is 12.1 Å². The fourth-order valence-corrected chi connectivity index (χ4v) is 1.87. The van der Waals surface area contributed by atoms with Crippen LogP contribution in [0.3, 0.4) is 0 Å².